The van der Waals surface area contributed by atoms with E-state index in [-0.39, 0.29) is 44.0 Å². The van der Waals surface area contributed by atoms with Crippen LogP contribution in [-0.4, -0.2) is 9.13 Å². The first-order chi connectivity index (χ1) is 25.3. The number of hydrogen-bond donors (Lipinski definition) is 0. The zero-order valence-electron chi connectivity index (χ0n) is 27.0. The molecule has 14 heteroatoms. The third-order valence-corrected chi connectivity index (χ3v) is 9.42. The zero-order chi connectivity index (χ0) is 38.5. The molecule has 0 bridgehead atoms. The van der Waals surface area contributed by atoms with Crippen molar-refractivity contribution in [2.75, 3.05) is 0 Å². The van der Waals surface area contributed by atoms with E-state index in [0.717, 1.165) is 69.8 Å². The maximum Gasteiger partial charge on any atom is 0.418 e. The largest absolute Gasteiger partial charge is 0.418 e. The van der Waals surface area contributed by atoms with E-state index in [1.807, 2.05) is 0 Å². The molecule has 6 aromatic carbocycles. The Morgan fingerprint density at radius 2 is 0.667 bits per heavy atom. The van der Waals surface area contributed by atoms with Gasteiger partial charge in [0, 0.05) is 21.5 Å². The van der Waals surface area contributed by atoms with Crippen molar-refractivity contribution in [3.8, 4) is 22.5 Å². The average Bonchev–Trinajstić information content (AvgIpc) is 3.62. The number of benzene rings is 6. The molecule has 0 aliphatic heterocycles. The van der Waals surface area contributed by atoms with Gasteiger partial charge in [-0.25, -0.2) is 0 Å². The van der Waals surface area contributed by atoms with Crippen LogP contribution in [0.2, 0.25) is 0 Å². The van der Waals surface area contributed by atoms with Gasteiger partial charge in [0.1, 0.15) is 0 Å². The normalized spacial score (nSPS) is 13.2. The average molecular weight is 757 g/mol. The van der Waals surface area contributed by atoms with Gasteiger partial charge in [-0.1, -0.05) is 60.7 Å². The van der Waals surface area contributed by atoms with Gasteiger partial charge in [-0.15, -0.1) is 0 Å². The van der Waals surface area contributed by atoms with Crippen molar-refractivity contribution in [1.82, 2.24) is 9.13 Å². The molecule has 0 fully saturated rings. The van der Waals surface area contributed by atoms with Crippen LogP contribution in [0.25, 0.3) is 66.1 Å². The van der Waals surface area contributed by atoms with E-state index < -0.39 is 58.3 Å². The van der Waals surface area contributed by atoms with Crippen molar-refractivity contribution in [2.24, 2.45) is 0 Å². The van der Waals surface area contributed by atoms with E-state index in [1.54, 1.807) is 12.1 Å². The summed E-state index contributed by atoms with van der Waals surface area (Å²) in [6.45, 7) is 0. The van der Waals surface area contributed by atoms with Crippen LogP contribution in [0.15, 0.2) is 121 Å². The molecule has 2 nitrogen and oxygen atoms in total. The molecule has 54 heavy (non-hydrogen) atoms. The third kappa shape index (κ3) is 5.71. The van der Waals surface area contributed by atoms with E-state index in [0.29, 0.717) is 22.9 Å². The second-order valence-corrected chi connectivity index (χ2v) is 12.6. The Morgan fingerprint density at radius 3 is 1.02 bits per heavy atom. The summed E-state index contributed by atoms with van der Waals surface area (Å²) in [5.41, 5.74) is -6.14. The van der Waals surface area contributed by atoms with Crippen molar-refractivity contribution in [3.63, 3.8) is 0 Å². The second-order valence-electron chi connectivity index (χ2n) is 12.6. The van der Waals surface area contributed by atoms with Crippen LogP contribution in [0.4, 0.5) is 52.7 Å². The minimum absolute atomic E-state index is 0.0531. The van der Waals surface area contributed by atoms with Gasteiger partial charge in [-0.05, 0) is 71.8 Å². The highest BCUT2D eigenvalue weighted by Crippen LogP contribution is 2.45. The van der Waals surface area contributed by atoms with Gasteiger partial charge in [0.2, 0.25) is 0 Å². The molecule has 8 rings (SSSR count). The number of hydrogen-bond acceptors (Lipinski definition) is 0. The highest BCUT2D eigenvalue weighted by atomic mass is 19.4. The molecule has 0 aliphatic carbocycles. The number of alkyl halides is 12. The predicted octanol–water partition coefficient (Wildman–Crippen LogP) is 13.6. The lowest BCUT2D eigenvalue weighted by molar-refractivity contribution is -0.138. The minimum Gasteiger partial charge on any atom is -0.309 e. The van der Waals surface area contributed by atoms with Gasteiger partial charge in [0.25, 0.3) is 0 Å². The molecule has 0 spiro atoms. The van der Waals surface area contributed by atoms with E-state index in [2.05, 4.69) is 0 Å². The number of para-hydroxylation sites is 2. The Bertz CT molecular complexity index is 2590. The van der Waals surface area contributed by atoms with Gasteiger partial charge in [-0.2, -0.15) is 52.7 Å². The first-order valence-electron chi connectivity index (χ1n) is 16.0. The summed E-state index contributed by atoms with van der Waals surface area (Å²) in [6, 6.07) is 22.9. The van der Waals surface area contributed by atoms with Crippen LogP contribution < -0.4 is 0 Å². The fraction of sp³-hybridized carbons (Fsp3) is 0.100. The molecular weight excluding hydrogens is 736 g/mol. The summed E-state index contributed by atoms with van der Waals surface area (Å²) < 4.78 is 173. The first-order valence-corrected chi connectivity index (χ1v) is 16.0. The van der Waals surface area contributed by atoms with E-state index in [9.17, 15) is 52.7 Å². The quantitative estimate of drug-likeness (QED) is 0.159. The van der Waals surface area contributed by atoms with Crippen molar-refractivity contribution >= 4 is 43.6 Å². The highest BCUT2D eigenvalue weighted by Gasteiger charge is 2.38. The molecule has 0 atom stereocenters. The Hall–Kier alpha value is -5.92. The molecule has 0 radical (unpaired) electrons. The van der Waals surface area contributed by atoms with Crippen molar-refractivity contribution in [3.05, 3.63) is 144 Å². The zero-order valence-corrected chi connectivity index (χ0v) is 27.0. The summed E-state index contributed by atoms with van der Waals surface area (Å²) in [6.07, 6.45) is -19.7. The summed E-state index contributed by atoms with van der Waals surface area (Å²) >= 11 is 0. The molecule has 274 valence electrons. The van der Waals surface area contributed by atoms with Gasteiger partial charge in [0.15, 0.2) is 0 Å². The highest BCUT2D eigenvalue weighted by molar-refractivity contribution is 6.10. The number of aromatic nitrogens is 2. The van der Waals surface area contributed by atoms with Crippen LogP contribution in [0, 0.1) is 0 Å². The molecule has 8 aromatic rings. The van der Waals surface area contributed by atoms with E-state index in [1.165, 1.54) is 36.4 Å². The third-order valence-electron chi connectivity index (χ3n) is 9.42. The standard InChI is InChI=1S/C40H20F12N2/c41-37(42,43)23-11-13-27-25-5-1-3-7-31(25)53(33(27)19-23)35-17-21(9-15-29(35)39(47,48)49)22-10-16-30(40(50,51)52)36(18-22)54-32-8-4-2-6-26(32)28-14-12-24(20-34(28)54)38(44,45)46/h1-20H. The Morgan fingerprint density at radius 1 is 0.315 bits per heavy atom. The van der Waals surface area contributed by atoms with Crippen LogP contribution in [0.5, 0.6) is 0 Å². The summed E-state index contributed by atoms with van der Waals surface area (Å²) in [4.78, 5) is 0. The van der Waals surface area contributed by atoms with Gasteiger partial charge < -0.3 is 9.13 Å². The lowest BCUT2D eigenvalue weighted by atomic mass is 9.98. The molecule has 2 heterocycles. The first kappa shape index (κ1) is 35.1. The summed E-state index contributed by atoms with van der Waals surface area (Å²) in [7, 11) is 0. The topological polar surface area (TPSA) is 9.86 Å². The lowest BCUT2D eigenvalue weighted by Crippen LogP contribution is -2.12. The molecule has 0 amide bonds. The monoisotopic (exact) mass is 756 g/mol. The number of nitrogens with zero attached hydrogens (tertiary/aromatic N) is 2. The minimum atomic E-state index is -5.03. The smallest absolute Gasteiger partial charge is 0.309 e. The molecule has 2 aromatic heterocycles. The van der Waals surface area contributed by atoms with Crippen molar-refractivity contribution in [1.29, 1.82) is 0 Å². The van der Waals surface area contributed by atoms with Gasteiger partial charge >= 0.3 is 24.7 Å². The number of halogens is 12. The Labute approximate surface area is 296 Å². The van der Waals surface area contributed by atoms with Crippen LogP contribution in [-0.2, 0) is 24.7 Å². The maximum atomic E-state index is 14.7. The summed E-state index contributed by atoms with van der Waals surface area (Å²) in [5.74, 6) is 0. The molecule has 0 saturated carbocycles. The molecule has 0 N–H and O–H groups in total. The molecule has 0 unspecified atom stereocenters. The van der Waals surface area contributed by atoms with Crippen LogP contribution >= 0.6 is 0 Å². The van der Waals surface area contributed by atoms with Crippen LogP contribution in [0.1, 0.15) is 22.3 Å². The molecule has 0 saturated heterocycles. The Kier molecular flexibility index (Phi) is 7.67. The number of fused-ring (bicyclic) bond motifs is 6. The van der Waals surface area contributed by atoms with Crippen molar-refractivity contribution in [2.45, 2.75) is 24.7 Å². The predicted molar refractivity (Wildman–Crippen MR) is 181 cm³/mol. The fourth-order valence-corrected chi connectivity index (χ4v) is 7.08. The number of rotatable bonds is 3. The Balaban J connectivity index is 1.43. The second kappa shape index (κ2) is 11.8. The van der Waals surface area contributed by atoms with Gasteiger partial charge in [-0.3, -0.25) is 0 Å². The maximum absolute atomic E-state index is 14.7. The van der Waals surface area contributed by atoms with Crippen molar-refractivity contribution < 1.29 is 52.7 Å². The summed E-state index contributed by atoms with van der Waals surface area (Å²) in [5, 5.41) is 1.14. The lowest BCUT2D eigenvalue weighted by Gasteiger charge is -2.20. The van der Waals surface area contributed by atoms with Gasteiger partial charge in [0.05, 0.1) is 55.7 Å². The SMILES string of the molecule is FC(F)(F)c1ccc2c3ccccc3n(-c3cc(-c4ccc(C(F)(F)F)c(-n5c6ccccc6c6ccc(C(F)(F)F)cc65)c4)ccc3C(F)(F)F)c2c1. The fourth-order valence-electron chi connectivity index (χ4n) is 7.08. The van der Waals surface area contributed by atoms with Crippen LogP contribution in [0.3, 0.4) is 0 Å². The molecule has 0 aliphatic rings. The van der Waals surface area contributed by atoms with E-state index >= 15 is 0 Å². The van der Waals surface area contributed by atoms with E-state index in [4.69, 9.17) is 0 Å². The molecular formula is C40H20F12N2.